The van der Waals surface area contributed by atoms with Crippen LogP contribution in [0.5, 0.6) is 0 Å². The number of rotatable bonds is 3. The fourth-order valence-electron chi connectivity index (χ4n) is 3.01. The van der Waals surface area contributed by atoms with Crippen molar-refractivity contribution in [1.82, 2.24) is 9.55 Å². The molecule has 1 saturated carbocycles. The molecule has 1 aliphatic rings. The minimum Gasteiger partial charge on any atom is -0.396 e. The lowest BCUT2D eigenvalue weighted by atomic mass is 10.0. The van der Waals surface area contributed by atoms with Crippen LogP contribution in [0.15, 0.2) is 18.5 Å². The van der Waals surface area contributed by atoms with Crippen LogP contribution in [-0.4, -0.2) is 38.6 Å². The highest BCUT2D eigenvalue weighted by Gasteiger charge is 2.47. The molecular weight excluding hydrogens is 247 g/mol. The molecule has 0 bridgehead atoms. The van der Waals surface area contributed by atoms with Gasteiger partial charge in [-0.1, -0.05) is 20.4 Å². The Morgan fingerprint density at radius 2 is 2.16 bits per heavy atom. The quantitative estimate of drug-likeness (QED) is 0.821. The highest BCUT2D eigenvalue weighted by Crippen LogP contribution is 2.42. The second-order valence-electron chi connectivity index (χ2n) is 5.52. The first kappa shape index (κ1) is 14.2. The van der Waals surface area contributed by atoms with Crippen LogP contribution in [0.4, 0.5) is 4.39 Å². The average molecular weight is 268 g/mol. The van der Waals surface area contributed by atoms with Gasteiger partial charge in [-0.15, -0.1) is 0 Å². The molecule has 0 aromatic carbocycles. The van der Waals surface area contributed by atoms with Crippen molar-refractivity contribution < 1.29 is 14.6 Å². The molecule has 0 spiro atoms. The van der Waals surface area contributed by atoms with Crippen LogP contribution >= 0.6 is 0 Å². The van der Waals surface area contributed by atoms with Gasteiger partial charge >= 0.3 is 0 Å². The van der Waals surface area contributed by atoms with Gasteiger partial charge in [0.15, 0.2) is 6.17 Å². The Hall–Kier alpha value is -1.20. The SMILES string of the molecule is C=C1C(CO)C(O)C(F)C1n1cnc(C)c1C(C)C. The fraction of sp³-hybridized carbons (Fsp3) is 0.643. The zero-order valence-corrected chi connectivity index (χ0v) is 11.5. The normalized spacial score (nSPS) is 31.4. The maximum absolute atomic E-state index is 14.3. The number of aliphatic hydroxyl groups is 2. The van der Waals surface area contributed by atoms with Crippen molar-refractivity contribution in [2.45, 2.75) is 45.0 Å². The van der Waals surface area contributed by atoms with Crippen LogP contribution in [-0.2, 0) is 0 Å². The van der Waals surface area contributed by atoms with Gasteiger partial charge in [-0.3, -0.25) is 0 Å². The van der Waals surface area contributed by atoms with E-state index in [1.54, 1.807) is 10.9 Å². The smallest absolute Gasteiger partial charge is 0.151 e. The molecule has 0 amide bonds. The van der Waals surface area contributed by atoms with Crippen LogP contribution in [0.2, 0.25) is 0 Å². The van der Waals surface area contributed by atoms with Crippen LogP contribution in [0.1, 0.15) is 37.2 Å². The van der Waals surface area contributed by atoms with E-state index in [9.17, 15) is 14.6 Å². The number of halogens is 1. The minimum absolute atomic E-state index is 0.202. The van der Waals surface area contributed by atoms with E-state index in [1.807, 2.05) is 20.8 Å². The number of hydrogen-bond donors (Lipinski definition) is 2. The fourth-order valence-corrected chi connectivity index (χ4v) is 3.01. The number of hydrogen-bond acceptors (Lipinski definition) is 3. The maximum Gasteiger partial charge on any atom is 0.151 e. The van der Waals surface area contributed by atoms with Crippen molar-refractivity contribution in [3.05, 3.63) is 29.9 Å². The number of aromatic nitrogens is 2. The van der Waals surface area contributed by atoms with Crippen molar-refractivity contribution in [3.8, 4) is 0 Å². The summed E-state index contributed by atoms with van der Waals surface area (Å²) in [6.45, 7) is 9.50. The summed E-state index contributed by atoms with van der Waals surface area (Å²) < 4.78 is 16.1. The molecule has 1 aromatic rings. The molecule has 0 radical (unpaired) electrons. The van der Waals surface area contributed by atoms with Gasteiger partial charge in [0.2, 0.25) is 0 Å². The molecule has 1 fully saturated rings. The Labute approximate surface area is 112 Å². The van der Waals surface area contributed by atoms with Gasteiger partial charge in [0.05, 0.1) is 30.8 Å². The molecule has 5 heteroatoms. The Balaban J connectivity index is 2.45. The Bertz CT molecular complexity index is 484. The Morgan fingerprint density at radius 3 is 2.63 bits per heavy atom. The van der Waals surface area contributed by atoms with Crippen molar-refractivity contribution in [2.24, 2.45) is 5.92 Å². The first-order chi connectivity index (χ1) is 8.90. The van der Waals surface area contributed by atoms with Crippen molar-refractivity contribution >= 4 is 0 Å². The van der Waals surface area contributed by atoms with E-state index in [-0.39, 0.29) is 12.5 Å². The summed E-state index contributed by atoms with van der Waals surface area (Å²) in [5.74, 6) is -0.407. The van der Waals surface area contributed by atoms with E-state index in [0.717, 1.165) is 11.4 Å². The predicted octanol–water partition coefficient (Wildman–Crippen LogP) is 1.73. The first-order valence-electron chi connectivity index (χ1n) is 6.55. The highest BCUT2D eigenvalue weighted by atomic mass is 19.1. The van der Waals surface area contributed by atoms with Crippen LogP contribution < -0.4 is 0 Å². The zero-order chi connectivity index (χ0) is 14.3. The molecule has 4 nitrogen and oxygen atoms in total. The summed E-state index contributed by atoms with van der Waals surface area (Å²) in [5.41, 5.74) is 2.33. The lowest BCUT2D eigenvalue weighted by Gasteiger charge is -2.21. The van der Waals surface area contributed by atoms with E-state index in [2.05, 4.69) is 11.6 Å². The van der Waals surface area contributed by atoms with Crippen LogP contribution in [0, 0.1) is 12.8 Å². The molecule has 4 unspecified atom stereocenters. The molecule has 19 heavy (non-hydrogen) atoms. The lowest BCUT2D eigenvalue weighted by Crippen LogP contribution is -2.27. The molecule has 0 saturated heterocycles. The molecule has 2 N–H and O–H groups in total. The topological polar surface area (TPSA) is 58.3 Å². The van der Waals surface area contributed by atoms with Crippen LogP contribution in [0.25, 0.3) is 0 Å². The molecule has 4 atom stereocenters. The summed E-state index contributed by atoms with van der Waals surface area (Å²) in [5, 5.41) is 19.1. The molecule has 106 valence electrons. The summed E-state index contributed by atoms with van der Waals surface area (Å²) in [4.78, 5) is 4.24. The molecular formula is C14H21FN2O2. The second-order valence-corrected chi connectivity index (χ2v) is 5.52. The Morgan fingerprint density at radius 1 is 1.53 bits per heavy atom. The molecule has 1 aromatic heterocycles. The highest BCUT2D eigenvalue weighted by molar-refractivity contribution is 5.26. The third kappa shape index (κ3) is 2.11. The summed E-state index contributed by atoms with van der Waals surface area (Å²) in [6, 6.07) is -0.647. The zero-order valence-electron chi connectivity index (χ0n) is 11.5. The largest absolute Gasteiger partial charge is 0.396 e. The van der Waals surface area contributed by atoms with Crippen molar-refractivity contribution in [3.63, 3.8) is 0 Å². The van der Waals surface area contributed by atoms with Crippen LogP contribution in [0.3, 0.4) is 0 Å². The number of imidazole rings is 1. The third-order valence-corrected chi connectivity index (χ3v) is 3.96. The molecule has 0 aliphatic heterocycles. The average Bonchev–Trinajstić information content (AvgIpc) is 2.80. The minimum atomic E-state index is -1.46. The summed E-state index contributed by atoms with van der Waals surface area (Å²) >= 11 is 0. The number of nitrogens with zero attached hydrogens (tertiary/aromatic N) is 2. The van der Waals surface area contributed by atoms with Gasteiger partial charge in [-0.05, 0) is 18.4 Å². The number of aliphatic hydroxyl groups excluding tert-OH is 2. The monoisotopic (exact) mass is 268 g/mol. The molecule has 2 rings (SSSR count). The van der Waals surface area contributed by atoms with Gasteiger partial charge in [0.1, 0.15) is 0 Å². The maximum atomic E-state index is 14.3. The van der Waals surface area contributed by atoms with E-state index in [0.29, 0.717) is 5.57 Å². The van der Waals surface area contributed by atoms with E-state index in [1.165, 1.54) is 0 Å². The summed E-state index contributed by atoms with van der Waals surface area (Å²) in [7, 11) is 0. The Kier molecular flexibility index (Phi) is 3.78. The van der Waals surface area contributed by atoms with Crippen molar-refractivity contribution in [2.75, 3.05) is 6.61 Å². The number of aryl methyl sites for hydroxylation is 1. The van der Waals surface area contributed by atoms with Crippen molar-refractivity contribution in [1.29, 1.82) is 0 Å². The standard InChI is InChI=1S/C14H21FN2O2/c1-7(2)12-9(4)16-6-17(12)13-8(3)10(5-18)14(19)11(13)15/h6-7,10-11,13-14,18-19H,3,5H2,1-2,4H3. The predicted molar refractivity (Wildman–Crippen MR) is 70.7 cm³/mol. The van der Waals surface area contributed by atoms with Gasteiger partial charge in [0, 0.05) is 11.6 Å². The second kappa shape index (κ2) is 5.06. The lowest BCUT2D eigenvalue weighted by molar-refractivity contribution is 0.0420. The van der Waals surface area contributed by atoms with Gasteiger partial charge < -0.3 is 14.8 Å². The summed E-state index contributed by atoms with van der Waals surface area (Å²) in [6.07, 6.45) is -1.07. The van der Waals surface area contributed by atoms with Gasteiger partial charge in [0.25, 0.3) is 0 Å². The van der Waals surface area contributed by atoms with E-state index < -0.39 is 24.2 Å². The molecule has 1 heterocycles. The van der Waals surface area contributed by atoms with Gasteiger partial charge in [-0.25, -0.2) is 9.37 Å². The first-order valence-corrected chi connectivity index (χ1v) is 6.55. The van der Waals surface area contributed by atoms with E-state index >= 15 is 0 Å². The molecule has 1 aliphatic carbocycles. The van der Waals surface area contributed by atoms with E-state index in [4.69, 9.17) is 0 Å². The van der Waals surface area contributed by atoms with Gasteiger partial charge in [-0.2, -0.15) is 0 Å². The number of alkyl halides is 1. The third-order valence-electron chi connectivity index (χ3n) is 3.96.